The Labute approximate surface area is 174 Å². The summed E-state index contributed by atoms with van der Waals surface area (Å²) in [6.07, 6.45) is 13.2. The van der Waals surface area contributed by atoms with E-state index in [4.69, 9.17) is 0 Å². The first kappa shape index (κ1) is 19.8. The first-order chi connectivity index (χ1) is 14.5. The topological polar surface area (TPSA) is 86.4 Å². The zero-order chi connectivity index (χ0) is 21.3. The lowest BCUT2D eigenvalue weighted by atomic mass is 10.1. The number of hydrogen-bond acceptors (Lipinski definition) is 4. The molecule has 154 valence electrons. The quantitative estimate of drug-likeness (QED) is 0.629. The van der Waals surface area contributed by atoms with Crippen LogP contribution >= 0.6 is 0 Å². The highest BCUT2D eigenvalue weighted by molar-refractivity contribution is 6.44. The minimum atomic E-state index is -0.576. The van der Waals surface area contributed by atoms with Gasteiger partial charge in [0.05, 0.1) is 16.6 Å². The van der Waals surface area contributed by atoms with Crippen LogP contribution in [0.15, 0.2) is 54.4 Å². The van der Waals surface area contributed by atoms with Crippen LogP contribution < -0.4 is 0 Å². The largest absolute Gasteiger partial charge is 0.359 e. The molecule has 0 saturated carbocycles. The summed E-state index contributed by atoms with van der Waals surface area (Å²) in [4.78, 5) is 49.3. The Kier molecular flexibility index (Phi) is 5.35. The molecule has 7 heteroatoms. The van der Waals surface area contributed by atoms with Gasteiger partial charge in [-0.1, -0.05) is 30.4 Å². The van der Waals surface area contributed by atoms with Gasteiger partial charge < -0.3 is 14.8 Å². The van der Waals surface area contributed by atoms with Crippen molar-refractivity contribution in [2.24, 2.45) is 0 Å². The smallest absolute Gasteiger partial charge is 0.295 e. The zero-order valence-electron chi connectivity index (χ0n) is 17.1. The highest BCUT2D eigenvalue weighted by Gasteiger charge is 2.34. The number of amides is 2. The van der Waals surface area contributed by atoms with E-state index in [1.165, 1.54) is 0 Å². The van der Waals surface area contributed by atoms with Gasteiger partial charge in [-0.05, 0) is 31.9 Å². The number of aryl methyl sites for hydroxylation is 1. The van der Waals surface area contributed by atoms with Crippen LogP contribution in [-0.4, -0.2) is 63.0 Å². The van der Waals surface area contributed by atoms with Crippen molar-refractivity contribution in [1.29, 1.82) is 0 Å². The van der Waals surface area contributed by atoms with Gasteiger partial charge in [0.15, 0.2) is 0 Å². The second-order valence-corrected chi connectivity index (χ2v) is 7.69. The van der Waals surface area contributed by atoms with Crippen molar-refractivity contribution in [1.82, 2.24) is 19.8 Å². The number of ketones is 1. The lowest BCUT2D eigenvalue weighted by molar-refractivity contribution is -0.137. The molecule has 2 aliphatic rings. The van der Waals surface area contributed by atoms with Crippen molar-refractivity contribution in [2.75, 3.05) is 19.6 Å². The molecule has 4 rings (SSSR count). The van der Waals surface area contributed by atoms with Gasteiger partial charge in [-0.15, -0.1) is 0 Å². The number of nitrogens with zero attached hydrogens (tertiary/aromatic N) is 3. The Hall–Kier alpha value is -3.48. The molecule has 0 spiro atoms. The molecule has 2 aromatic heterocycles. The summed E-state index contributed by atoms with van der Waals surface area (Å²) >= 11 is 0. The summed E-state index contributed by atoms with van der Waals surface area (Å²) in [5.74, 6) is -1.15. The van der Waals surface area contributed by atoms with Crippen LogP contribution in [0, 0.1) is 6.92 Å². The summed E-state index contributed by atoms with van der Waals surface area (Å²) in [6.45, 7) is 4.91. The maximum atomic E-state index is 13.0. The van der Waals surface area contributed by atoms with Crippen molar-refractivity contribution in [3.8, 4) is 0 Å². The van der Waals surface area contributed by atoms with Gasteiger partial charge >= 0.3 is 0 Å². The van der Waals surface area contributed by atoms with E-state index in [9.17, 15) is 14.4 Å². The van der Waals surface area contributed by atoms with E-state index in [-0.39, 0.29) is 17.5 Å². The predicted octanol–water partition coefficient (Wildman–Crippen LogP) is 2.56. The normalized spacial score (nSPS) is 19.0. The molecule has 1 atom stereocenters. The molecule has 3 heterocycles. The van der Waals surface area contributed by atoms with Gasteiger partial charge in [-0.25, -0.2) is 0 Å². The third kappa shape index (κ3) is 3.58. The zero-order valence-corrected chi connectivity index (χ0v) is 17.1. The summed E-state index contributed by atoms with van der Waals surface area (Å²) in [6, 6.07) is 1.60. The van der Waals surface area contributed by atoms with Crippen LogP contribution in [0.3, 0.4) is 0 Å². The minimum Gasteiger partial charge on any atom is -0.359 e. The molecule has 1 aliphatic carbocycles. The number of hydrogen-bond donors (Lipinski definition) is 1. The van der Waals surface area contributed by atoms with Gasteiger partial charge in [-0.3, -0.25) is 19.4 Å². The second-order valence-electron chi connectivity index (χ2n) is 7.69. The van der Waals surface area contributed by atoms with Crippen molar-refractivity contribution >= 4 is 28.6 Å². The van der Waals surface area contributed by atoms with Crippen LogP contribution in [0.5, 0.6) is 0 Å². The lowest BCUT2D eigenvalue weighted by Crippen LogP contribution is -2.57. The first-order valence-electron chi connectivity index (χ1n) is 10.1. The van der Waals surface area contributed by atoms with Gasteiger partial charge in [0.1, 0.15) is 0 Å². The summed E-state index contributed by atoms with van der Waals surface area (Å²) < 4.78 is 0. The molecule has 2 amide bonds. The molecule has 1 fully saturated rings. The number of carbonyl (C=O) groups is 3. The monoisotopic (exact) mass is 404 g/mol. The fourth-order valence-corrected chi connectivity index (χ4v) is 3.96. The van der Waals surface area contributed by atoms with E-state index in [1.807, 2.05) is 50.3 Å². The molecule has 1 N–H and O–H groups in total. The number of piperazine rings is 1. The van der Waals surface area contributed by atoms with Crippen LogP contribution in [0.25, 0.3) is 11.0 Å². The van der Waals surface area contributed by atoms with Crippen LogP contribution in [0.4, 0.5) is 0 Å². The predicted molar refractivity (Wildman–Crippen MR) is 114 cm³/mol. The third-order valence-corrected chi connectivity index (χ3v) is 5.66. The standard InChI is InChI=1S/C23H24N4O3/c1-15-9-10-24-20-18(13-25-19(15)20)21(28)23(30)27-12-11-26(14-16(27)2)22(29)17-7-5-3-4-6-8-17/h3-7,9-10,13,16,25H,8,11-12,14H2,1-2H3/t16-/m1/s1. The van der Waals surface area contributed by atoms with E-state index < -0.39 is 11.7 Å². The molecule has 30 heavy (non-hydrogen) atoms. The molecule has 0 aromatic carbocycles. The molecule has 1 aliphatic heterocycles. The SMILES string of the molecule is Cc1ccnc2c(C(=O)C(=O)N3CCN(C(=O)C4=CC=CC=CC4)C[C@H]3C)c[nH]c12. The van der Waals surface area contributed by atoms with Gasteiger partial charge in [0.25, 0.3) is 11.7 Å². The Morgan fingerprint density at radius 3 is 2.80 bits per heavy atom. The Morgan fingerprint density at radius 1 is 1.17 bits per heavy atom. The fourth-order valence-electron chi connectivity index (χ4n) is 3.96. The van der Waals surface area contributed by atoms with E-state index in [1.54, 1.807) is 22.2 Å². The van der Waals surface area contributed by atoms with Gasteiger partial charge in [0.2, 0.25) is 5.91 Å². The Bertz CT molecular complexity index is 1110. The van der Waals surface area contributed by atoms with Gasteiger partial charge in [-0.2, -0.15) is 0 Å². The first-order valence-corrected chi connectivity index (χ1v) is 10.1. The number of rotatable bonds is 3. The van der Waals surface area contributed by atoms with Crippen molar-refractivity contribution in [2.45, 2.75) is 26.3 Å². The molecular weight excluding hydrogens is 380 g/mol. The molecule has 7 nitrogen and oxygen atoms in total. The van der Waals surface area contributed by atoms with Crippen LogP contribution in [-0.2, 0) is 9.59 Å². The number of allylic oxidation sites excluding steroid dienone is 5. The number of nitrogens with one attached hydrogen (secondary N) is 1. The number of aromatic amines is 1. The summed E-state index contributed by atoms with van der Waals surface area (Å²) in [7, 11) is 0. The second kappa shape index (κ2) is 8.10. The Morgan fingerprint density at radius 2 is 2.00 bits per heavy atom. The van der Waals surface area contributed by atoms with Crippen LogP contribution in [0.1, 0.15) is 29.3 Å². The molecule has 1 saturated heterocycles. The van der Waals surface area contributed by atoms with E-state index in [2.05, 4.69) is 9.97 Å². The van der Waals surface area contributed by atoms with Crippen molar-refractivity contribution in [3.05, 3.63) is 65.5 Å². The van der Waals surface area contributed by atoms with Crippen molar-refractivity contribution < 1.29 is 14.4 Å². The highest BCUT2D eigenvalue weighted by atomic mass is 16.2. The summed E-state index contributed by atoms with van der Waals surface area (Å²) in [5.41, 5.74) is 3.24. The fraction of sp³-hybridized carbons (Fsp3) is 0.304. The molecule has 0 unspecified atom stereocenters. The number of aromatic nitrogens is 2. The summed E-state index contributed by atoms with van der Waals surface area (Å²) in [5, 5.41) is 0. The lowest BCUT2D eigenvalue weighted by Gasteiger charge is -2.39. The Balaban J connectivity index is 1.47. The number of pyridine rings is 1. The molecule has 2 aromatic rings. The van der Waals surface area contributed by atoms with E-state index in [0.717, 1.165) is 16.7 Å². The number of fused-ring (bicyclic) bond motifs is 1. The molecular formula is C23H24N4O3. The van der Waals surface area contributed by atoms with E-state index in [0.29, 0.717) is 31.6 Å². The van der Waals surface area contributed by atoms with Crippen LogP contribution in [0.2, 0.25) is 0 Å². The number of H-pyrrole nitrogens is 1. The maximum absolute atomic E-state index is 13.0. The highest BCUT2D eigenvalue weighted by Crippen LogP contribution is 2.21. The number of carbonyl (C=O) groups excluding carboxylic acids is 3. The van der Waals surface area contributed by atoms with Crippen molar-refractivity contribution in [3.63, 3.8) is 0 Å². The average Bonchev–Trinajstić information content (AvgIpc) is 3.00. The molecule has 0 radical (unpaired) electrons. The van der Waals surface area contributed by atoms with Gasteiger partial charge in [0, 0.05) is 43.6 Å². The molecule has 0 bridgehead atoms. The minimum absolute atomic E-state index is 0.0206. The third-order valence-electron chi connectivity index (χ3n) is 5.66. The maximum Gasteiger partial charge on any atom is 0.295 e. The van der Waals surface area contributed by atoms with E-state index >= 15 is 0 Å². The number of Topliss-reactive ketones (excluding diaryl/α,β-unsaturated/α-hetero) is 1. The average molecular weight is 404 g/mol.